The smallest absolute Gasteiger partial charge is 0.318 e. The third kappa shape index (κ3) is 4.29. The molecule has 2 N–H and O–H groups in total. The van der Waals surface area contributed by atoms with Crippen molar-refractivity contribution >= 4 is 28.4 Å². The molecule has 5 nitrogen and oxygen atoms in total. The van der Waals surface area contributed by atoms with Crippen molar-refractivity contribution in [3.05, 3.63) is 29.8 Å². The van der Waals surface area contributed by atoms with Gasteiger partial charge in [0.25, 0.3) is 0 Å². The number of carbonyl (C=O) groups is 2. The van der Waals surface area contributed by atoms with Crippen LogP contribution < -0.4 is 5.32 Å². The van der Waals surface area contributed by atoms with Gasteiger partial charge in [-0.25, -0.2) is 0 Å². The highest BCUT2D eigenvalue weighted by molar-refractivity contribution is 7.87. The van der Waals surface area contributed by atoms with Gasteiger partial charge in [0.05, 0.1) is 0 Å². The highest BCUT2D eigenvalue weighted by Crippen LogP contribution is 2.09. The molecule has 1 aromatic carbocycles. The second kappa shape index (κ2) is 6.30. The van der Waals surface area contributed by atoms with Gasteiger partial charge >= 0.3 is 5.97 Å². The van der Waals surface area contributed by atoms with Crippen molar-refractivity contribution in [2.24, 2.45) is 0 Å². The van der Waals surface area contributed by atoms with E-state index in [1.54, 1.807) is 18.2 Å². The number of hydrogen-bond acceptors (Lipinski definition) is 3. The quantitative estimate of drug-likeness (QED) is 0.840. The molecule has 1 aromatic rings. The van der Waals surface area contributed by atoms with Gasteiger partial charge in [0, 0.05) is 16.5 Å². The number of anilines is 1. The van der Waals surface area contributed by atoms with Crippen LogP contribution in [-0.2, 0) is 20.4 Å². The molecule has 2 atom stereocenters. The summed E-state index contributed by atoms with van der Waals surface area (Å²) >= 11 is 0. The Morgan fingerprint density at radius 1 is 1.44 bits per heavy atom. The van der Waals surface area contributed by atoms with Crippen molar-refractivity contribution in [3.63, 3.8) is 0 Å². The largest absolute Gasteiger partial charge is 0.480 e. The van der Waals surface area contributed by atoms with E-state index in [0.717, 1.165) is 5.56 Å². The first-order chi connectivity index (χ1) is 8.40. The fourth-order valence-corrected chi connectivity index (χ4v) is 2.09. The van der Waals surface area contributed by atoms with Crippen LogP contribution in [0.4, 0.5) is 5.69 Å². The zero-order valence-corrected chi connectivity index (χ0v) is 11.0. The van der Waals surface area contributed by atoms with Gasteiger partial charge in [-0.15, -0.1) is 0 Å². The van der Waals surface area contributed by atoms with E-state index in [-0.39, 0.29) is 5.75 Å². The summed E-state index contributed by atoms with van der Waals surface area (Å²) in [6.45, 7) is 3.21. The van der Waals surface area contributed by atoms with Crippen molar-refractivity contribution in [1.29, 1.82) is 0 Å². The molecule has 1 rings (SSSR count). The molecule has 0 fully saturated rings. The number of rotatable bonds is 5. The van der Waals surface area contributed by atoms with E-state index in [9.17, 15) is 13.8 Å². The highest BCUT2D eigenvalue weighted by Gasteiger charge is 2.21. The van der Waals surface area contributed by atoms with E-state index in [4.69, 9.17) is 5.11 Å². The molecule has 0 aliphatic carbocycles. The topological polar surface area (TPSA) is 83.5 Å². The summed E-state index contributed by atoms with van der Waals surface area (Å²) in [6.07, 6.45) is 0. The summed E-state index contributed by atoms with van der Waals surface area (Å²) in [4.78, 5) is 22.2. The summed E-state index contributed by atoms with van der Waals surface area (Å²) in [5.74, 6) is -1.94. The van der Waals surface area contributed by atoms with Crippen LogP contribution >= 0.6 is 0 Å². The van der Waals surface area contributed by atoms with Gasteiger partial charge in [0.15, 0.2) is 0 Å². The minimum Gasteiger partial charge on any atom is -0.480 e. The van der Waals surface area contributed by atoms with Crippen LogP contribution in [0.1, 0.15) is 12.5 Å². The van der Waals surface area contributed by atoms with Crippen molar-refractivity contribution in [2.45, 2.75) is 19.1 Å². The number of carboxylic acids is 1. The van der Waals surface area contributed by atoms with Crippen LogP contribution in [0.15, 0.2) is 24.3 Å². The van der Waals surface area contributed by atoms with Gasteiger partial charge < -0.3 is 10.4 Å². The monoisotopic (exact) mass is 269 g/mol. The summed E-state index contributed by atoms with van der Waals surface area (Å²) in [5.41, 5.74) is 1.60. The maximum Gasteiger partial charge on any atom is 0.318 e. The first-order valence-corrected chi connectivity index (χ1v) is 6.75. The Kier molecular flexibility index (Phi) is 5.03. The average Bonchev–Trinajstić information content (AvgIpc) is 2.27. The molecule has 0 aromatic heterocycles. The van der Waals surface area contributed by atoms with Crippen LogP contribution in [0, 0.1) is 6.92 Å². The maximum absolute atomic E-state index is 11.6. The molecule has 0 heterocycles. The van der Waals surface area contributed by atoms with E-state index in [1.165, 1.54) is 6.92 Å². The SMILES string of the molecule is Cc1cccc(NC(=O)CS(=O)C(C)C(=O)O)c1. The number of nitrogens with one attached hydrogen (secondary N) is 1. The second-order valence-electron chi connectivity index (χ2n) is 3.92. The summed E-state index contributed by atoms with van der Waals surface area (Å²) in [5, 5.41) is 10.2. The molecular weight excluding hydrogens is 254 g/mol. The number of carboxylic acid groups (broad SMARTS) is 1. The van der Waals surface area contributed by atoms with Gasteiger partial charge in [-0.05, 0) is 31.5 Å². The number of benzene rings is 1. The number of carbonyl (C=O) groups excluding carboxylic acids is 1. The predicted molar refractivity (Wildman–Crippen MR) is 69.9 cm³/mol. The highest BCUT2D eigenvalue weighted by atomic mass is 32.2. The minimum absolute atomic E-state index is 0.318. The van der Waals surface area contributed by atoms with E-state index in [0.29, 0.717) is 5.69 Å². The standard InChI is InChI=1S/C12H15NO4S/c1-8-4-3-5-10(6-8)13-11(14)7-18(17)9(2)12(15)16/h3-6,9H,7H2,1-2H3,(H,13,14)(H,15,16). The molecule has 0 bridgehead atoms. The lowest BCUT2D eigenvalue weighted by atomic mass is 10.2. The molecule has 0 saturated carbocycles. The number of amides is 1. The lowest BCUT2D eigenvalue weighted by Crippen LogP contribution is -2.29. The fourth-order valence-electron chi connectivity index (χ4n) is 1.29. The van der Waals surface area contributed by atoms with Gasteiger partial charge in [0.1, 0.15) is 11.0 Å². The molecule has 0 radical (unpaired) electrons. The zero-order valence-electron chi connectivity index (χ0n) is 10.2. The Labute approximate surface area is 108 Å². The van der Waals surface area contributed by atoms with Crippen molar-refractivity contribution in [1.82, 2.24) is 0 Å². The van der Waals surface area contributed by atoms with Crippen molar-refractivity contribution in [2.75, 3.05) is 11.1 Å². The number of hydrogen-bond donors (Lipinski definition) is 2. The summed E-state index contributed by atoms with van der Waals surface area (Å²) in [7, 11) is -1.72. The summed E-state index contributed by atoms with van der Waals surface area (Å²) in [6, 6.07) is 7.18. The van der Waals surface area contributed by atoms with Crippen molar-refractivity contribution in [3.8, 4) is 0 Å². The Morgan fingerprint density at radius 2 is 2.11 bits per heavy atom. The second-order valence-corrected chi connectivity index (χ2v) is 5.68. The Hall–Kier alpha value is -1.69. The van der Waals surface area contributed by atoms with Crippen LogP contribution in [0.5, 0.6) is 0 Å². The van der Waals surface area contributed by atoms with Crippen LogP contribution in [0.3, 0.4) is 0 Å². The fraction of sp³-hybridized carbons (Fsp3) is 0.333. The van der Waals surface area contributed by atoms with Crippen LogP contribution in [-0.4, -0.2) is 32.2 Å². The molecule has 1 amide bonds. The molecular formula is C12H15NO4S. The average molecular weight is 269 g/mol. The molecule has 0 saturated heterocycles. The van der Waals surface area contributed by atoms with E-state index < -0.39 is 27.9 Å². The van der Waals surface area contributed by atoms with Gasteiger partial charge in [-0.3, -0.25) is 13.8 Å². The van der Waals surface area contributed by atoms with Crippen LogP contribution in [0.2, 0.25) is 0 Å². The normalized spacial score (nSPS) is 13.7. The van der Waals surface area contributed by atoms with Gasteiger partial charge in [-0.2, -0.15) is 0 Å². The molecule has 2 unspecified atom stereocenters. The Bertz CT molecular complexity index is 487. The number of aliphatic carboxylic acids is 1. The molecule has 6 heteroatoms. The molecule has 0 aliphatic rings. The maximum atomic E-state index is 11.6. The first kappa shape index (κ1) is 14.4. The van der Waals surface area contributed by atoms with E-state index in [2.05, 4.69) is 5.32 Å². The lowest BCUT2D eigenvalue weighted by Gasteiger charge is -2.08. The third-order valence-electron chi connectivity index (χ3n) is 2.32. The molecule has 98 valence electrons. The van der Waals surface area contributed by atoms with Crippen LogP contribution in [0.25, 0.3) is 0 Å². The molecule has 0 spiro atoms. The van der Waals surface area contributed by atoms with E-state index >= 15 is 0 Å². The predicted octanol–water partition coefficient (Wildman–Crippen LogP) is 1.16. The van der Waals surface area contributed by atoms with Gasteiger partial charge in [0.2, 0.25) is 5.91 Å². The molecule has 18 heavy (non-hydrogen) atoms. The Morgan fingerprint density at radius 3 is 2.67 bits per heavy atom. The van der Waals surface area contributed by atoms with Crippen molar-refractivity contribution < 1.29 is 18.9 Å². The zero-order chi connectivity index (χ0) is 13.7. The third-order valence-corrected chi connectivity index (χ3v) is 3.85. The minimum atomic E-state index is -1.72. The van der Waals surface area contributed by atoms with Gasteiger partial charge in [-0.1, -0.05) is 12.1 Å². The Balaban J connectivity index is 2.57. The van der Waals surface area contributed by atoms with E-state index in [1.807, 2.05) is 13.0 Å². The summed E-state index contributed by atoms with van der Waals surface area (Å²) < 4.78 is 11.5. The first-order valence-electron chi connectivity index (χ1n) is 5.36. The lowest BCUT2D eigenvalue weighted by molar-refractivity contribution is -0.136. The number of aryl methyl sites for hydroxylation is 1. The molecule has 0 aliphatic heterocycles.